The Morgan fingerprint density at radius 1 is 1.27 bits per heavy atom. The van der Waals surface area contributed by atoms with E-state index >= 15 is 0 Å². The van der Waals surface area contributed by atoms with E-state index in [1.54, 1.807) is 0 Å². The van der Waals surface area contributed by atoms with Crippen LogP contribution in [0.25, 0.3) is 0 Å². The highest BCUT2D eigenvalue weighted by Gasteiger charge is 2.29. The maximum atomic E-state index is 13.5. The average molecular weight is 388 g/mol. The molecule has 146 valence electrons. The first-order valence-corrected chi connectivity index (χ1v) is 10.8. The summed E-state index contributed by atoms with van der Waals surface area (Å²) in [6.07, 6.45) is 2.91. The fraction of sp³-hybridized carbons (Fsp3) is 0.611. The average Bonchev–Trinajstić information content (AvgIpc) is 2.57. The molecule has 0 bridgehead atoms. The van der Waals surface area contributed by atoms with Crippen molar-refractivity contribution >= 4 is 15.7 Å². The number of carbonyl (C=O) groups excluding carboxylic acids is 1. The molecule has 1 aliphatic heterocycles. The highest BCUT2D eigenvalue weighted by molar-refractivity contribution is 7.92. The summed E-state index contributed by atoms with van der Waals surface area (Å²) in [5, 5.41) is 5.89. The van der Waals surface area contributed by atoms with Gasteiger partial charge in [0.25, 0.3) is 0 Å². The predicted molar refractivity (Wildman–Crippen MR) is 96.7 cm³/mol. The molecule has 1 fully saturated rings. The number of rotatable bonds is 8. The van der Waals surface area contributed by atoms with Gasteiger partial charge in [0.2, 0.25) is 5.91 Å². The normalized spacial score (nSPS) is 20.7. The molecule has 2 atom stereocenters. The molecule has 0 spiro atoms. The number of nitrogens with one attached hydrogen (secondary N) is 2. The number of amides is 1. The van der Waals surface area contributed by atoms with Crippen LogP contribution in [0.1, 0.15) is 44.1 Å². The summed E-state index contributed by atoms with van der Waals surface area (Å²) in [6.45, 7) is 3.12. The molecular formula is C18H26F2N2O3S. The molecule has 2 unspecified atom stereocenters. The quantitative estimate of drug-likeness (QED) is 0.669. The Morgan fingerprint density at radius 3 is 2.73 bits per heavy atom. The van der Waals surface area contributed by atoms with Crippen LogP contribution >= 0.6 is 0 Å². The van der Waals surface area contributed by atoms with Gasteiger partial charge in [0.05, 0.1) is 5.75 Å². The largest absolute Gasteiger partial charge is 0.351 e. The summed E-state index contributed by atoms with van der Waals surface area (Å²) < 4.78 is 50.7. The first kappa shape index (κ1) is 20.8. The van der Waals surface area contributed by atoms with Gasteiger partial charge in [0.1, 0.15) is 5.75 Å². The Labute approximate surface area is 153 Å². The first-order chi connectivity index (χ1) is 12.3. The van der Waals surface area contributed by atoms with Gasteiger partial charge in [-0.25, -0.2) is 17.2 Å². The molecule has 1 amide bonds. The molecule has 8 heteroatoms. The lowest BCUT2D eigenvalue weighted by Crippen LogP contribution is -2.51. The van der Waals surface area contributed by atoms with Gasteiger partial charge in [-0.1, -0.05) is 25.8 Å². The van der Waals surface area contributed by atoms with Crippen LogP contribution in [0.4, 0.5) is 8.78 Å². The van der Waals surface area contributed by atoms with Crippen molar-refractivity contribution in [3.63, 3.8) is 0 Å². The van der Waals surface area contributed by atoms with E-state index < -0.39 is 33.1 Å². The lowest BCUT2D eigenvalue weighted by atomic mass is 9.86. The van der Waals surface area contributed by atoms with Crippen LogP contribution in [-0.4, -0.2) is 45.0 Å². The molecule has 1 saturated heterocycles. The summed E-state index contributed by atoms with van der Waals surface area (Å²) in [5.41, 5.74) is 0.599. The van der Waals surface area contributed by atoms with Crippen LogP contribution in [0, 0.1) is 11.6 Å². The van der Waals surface area contributed by atoms with E-state index in [4.69, 9.17) is 0 Å². The fourth-order valence-electron chi connectivity index (χ4n) is 3.24. The second kappa shape index (κ2) is 9.41. The number of benzene rings is 1. The van der Waals surface area contributed by atoms with Crippen molar-refractivity contribution in [3.8, 4) is 0 Å². The van der Waals surface area contributed by atoms with Crippen LogP contribution in [0.15, 0.2) is 18.2 Å². The summed E-state index contributed by atoms with van der Waals surface area (Å²) in [6, 6.07) is 3.36. The number of hydrogen-bond acceptors (Lipinski definition) is 4. The molecule has 1 aromatic carbocycles. The summed E-state index contributed by atoms with van der Waals surface area (Å²) >= 11 is 0. The Morgan fingerprint density at radius 2 is 2.04 bits per heavy atom. The standard InChI is InChI=1S/C18H26F2N2O3S/c1-2-3-4-9-26(24,25)12-18(23)22-17-11-21-8-7-14(17)13-5-6-15(19)16(20)10-13/h5-6,10,14,17,21H,2-4,7-9,11-12H2,1H3,(H,22,23). The Balaban J connectivity index is 2.01. The summed E-state index contributed by atoms with van der Waals surface area (Å²) in [7, 11) is -3.44. The second-order valence-electron chi connectivity index (χ2n) is 6.75. The lowest BCUT2D eigenvalue weighted by Gasteiger charge is -2.33. The summed E-state index contributed by atoms with van der Waals surface area (Å²) in [5.74, 6) is -3.13. The summed E-state index contributed by atoms with van der Waals surface area (Å²) in [4.78, 5) is 12.2. The van der Waals surface area contributed by atoms with E-state index in [1.165, 1.54) is 6.07 Å². The Bertz CT molecular complexity index is 725. The van der Waals surface area contributed by atoms with Crippen LogP contribution in [0.2, 0.25) is 0 Å². The molecule has 0 saturated carbocycles. The van der Waals surface area contributed by atoms with Crippen molar-refractivity contribution in [1.29, 1.82) is 0 Å². The zero-order valence-corrected chi connectivity index (χ0v) is 15.7. The number of unbranched alkanes of at least 4 members (excludes halogenated alkanes) is 2. The van der Waals surface area contributed by atoms with Gasteiger partial charge in [-0.15, -0.1) is 0 Å². The minimum Gasteiger partial charge on any atom is -0.351 e. The molecule has 1 heterocycles. The van der Waals surface area contributed by atoms with Gasteiger partial charge in [-0.2, -0.15) is 0 Å². The fourth-order valence-corrected chi connectivity index (χ4v) is 4.52. The van der Waals surface area contributed by atoms with Crippen LogP contribution in [0.3, 0.4) is 0 Å². The maximum absolute atomic E-state index is 13.5. The van der Waals surface area contributed by atoms with Gasteiger partial charge < -0.3 is 10.6 Å². The number of piperidine rings is 1. The van der Waals surface area contributed by atoms with Crippen molar-refractivity contribution in [2.75, 3.05) is 24.6 Å². The van der Waals surface area contributed by atoms with E-state index in [2.05, 4.69) is 10.6 Å². The third-order valence-corrected chi connectivity index (χ3v) is 6.22. The minimum absolute atomic E-state index is 0.00375. The smallest absolute Gasteiger partial charge is 0.235 e. The number of halogens is 2. The van der Waals surface area contributed by atoms with E-state index in [-0.39, 0.29) is 17.7 Å². The minimum atomic E-state index is -3.44. The Kier molecular flexibility index (Phi) is 7.52. The highest BCUT2D eigenvalue weighted by atomic mass is 32.2. The van der Waals surface area contributed by atoms with Crippen molar-refractivity contribution in [2.45, 2.75) is 44.6 Å². The van der Waals surface area contributed by atoms with Gasteiger partial charge in [0.15, 0.2) is 21.5 Å². The third-order valence-electron chi connectivity index (χ3n) is 4.61. The van der Waals surface area contributed by atoms with E-state index in [1.807, 2.05) is 6.92 Å². The SMILES string of the molecule is CCCCCS(=O)(=O)CC(=O)NC1CNCCC1c1ccc(F)c(F)c1. The van der Waals surface area contributed by atoms with Gasteiger partial charge in [-0.05, 0) is 37.1 Å². The molecule has 26 heavy (non-hydrogen) atoms. The molecule has 1 aliphatic rings. The maximum Gasteiger partial charge on any atom is 0.235 e. The molecule has 0 aliphatic carbocycles. The van der Waals surface area contributed by atoms with Crippen LogP contribution in [0.5, 0.6) is 0 Å². The molecule has 5 nitrogen and oxygen atoms in total. The monoisotopic (exact) mass is 388 g/mol. The van der Waals surface area contributed by atoms with Crippen molar-refractivity contribution in [3.05, 3.63) is 35.4 Å². The van der Waals surface area contributed by atoms with E-state index in [9.17, 15) is 22.0 Å². The molecular weight excluding hydrogens is 362 g/mol. The van der Waals surface area contributed by atoms with Crippen molar-refractivity contribution in [2.24, 2.45) is 0 Å². The van der Waals surface area contributed by atoms with Gasteiger partial charge >= 0.3 is 0 Å². The zero-order chi connectivity index (χ0) is 19.2. The van der Waals surface area contributed by atoms with E-state index in [0.717, 1.165) is 25.0 Å². The van der Waals surface area contributed by atoms with Crippen molar-refractivity contribution < 1.29 is 22.0 Å². The molecule has 1 aromatic rings. The van der Waals surface area contributed by atoms with Crippen LogP contribution < -0.4 is 10.6 Å². The number of hydrogen-bond donors (Lipinski definition) is 2. The van der Waals surface area contributed by atoms with Crippen molar-refractivity contribution in [1.82, 2.24) is 10.6 Å². The molecule has 2 N–H and O–H groups in total. The molecule has 0 aromatic heterocycles. The lowest BCUT2D eigenvalue weighted by molar-refractivity contribution is -0.119. The Hall–Kier alpha value is -1.54. The third kappa shape index (κ3) is 6.02. The highest BCUT2D eigenvalue weighted by Crippen LogP contribution is 2.27. The topological polar surface area (TPSA) is 75.3 Å². The van der Waals surface area contributed by atoms with Gasteiger partial charge in [-0.3, -0.25) is 4.79 Å². The second-order valence-corrected chi connectivity index (χ2v) is 8.93. The molecule has 0 radical (unpaired) electrons. The number of carbonyl (C=O) groups is 1. The number of sulfone groups is 1. The predicted octanol–water partition coefficient (Wildman–Crippen LogP) is 2.13. The van der Waals surface area contributed by atoms with Crippen LogP contribution in [-0.2, 0) is 14.6 Å². The van der Waals surface area contributed by atoms with E-state index in [0.29, 0.717) is 31.5 Å². The zero-order valence-electron chi connectivity index (χ0n) is 14.9. The van der Waals surface area contributed by atoms with Gasteiger partial charge in [0, 0.05) is 18.5 Å². The molecule has 2 rings (SSSR count). The first-order valence-electron chi connectivity index (χ1n) is 8.98.